The number of halogens is 3. The first kappa shape index (κ1) is 22.9. The summed E-state index contributed by atoms with van der Waals surface area (Å²) in [5.74, 6) is -0.891. The van der Waals surface area contributed by atoms with Gasteiger partial charge in [0.2, 0.25) is 10.0 Å². The van der Waals surface area contributed by atoms with Crippen molar-refractivity contribution in [3.63, 3.8) is 0 Å². The molecule has 2 rings (SSSR count). The first-order chi connectivity index (χ1) is 13.8. The predicted octanol–water partition coefficient (Wildman–Crippen LogP) is 2.83. The Labute approximate surface area is 169 Å². The molecular formula is C17H17F3N4O5S. The van der Waals surface area contributed by atoms with Crippen molar-refractivity contribution < 1.29 is 31.3 Å². The van der Waals surface area contributed by atoms with Gasteiger partial charge in [-0.05, 0) is 30.7 Å². The maximum Gasteiger partial charge on any atom is 0.416 e. The van der Waals surface area contributed by atoms with Crippen LogP contribution in [0.1, 0.15) is 11.1 Å². The molecular weight excluding hydrogens is 429 g/mol. The van der Waals surface area contributed by atoms with Crippen molar-refractivity contribution in [1.29, 1.82) is 0 Å². The number of carbonyl (C=O) groups excluding carboxylic acids is 1. The molecule has 0 unspecified atom stereocenters. The van der Waals surface area contributed by atoms with Crippen molar-refractivity contribution in [2.75, 3.05) is 22.5 Å². The normalized spacial score (nSPS) is 11.6. The van der Waals surface area contributed by atoms with Crippen LogP contribution in [0.15, 0.2) is 42.5 Å². The minimum absolute atomic E-state index is 0.260. The monoisotopic (exact) mass is 446 g/mol. The van der Waals surface area contributed by atoms with E-state index in [1.807, 2.05) is 0 Å². The maximum atomic E-state index is 12.8. The van der Waals surface area contributed by atoms with E-state index in [4.69, 9.17) is 0 Å². The van der Waals surface area contributed by atoms with Gasteiger partial charge in [-0.15, -0.1) is 0 Å². The number of hydrogen-bond donors (Lipinski definition) is 2. The van der Waals surface area contributed by atoms with Crippen LogP contribution in [0, 0.1) is 17.0 Å². The fraction of sp³-hybridized carbons (Fsp3) is 0.235. The fourth-order valence-corrected chi connectivity index (χ4v) is 3.41. The molecule has 0 bridgehead atoms. The van der Waals surface area contributed by atoms with Crippen LogP contribution >= 0.6 is 0 Å². The number of hydrazine groups is 1. The lowest BCUT2D eigenvalue weighted by Crippen LogP contribution is -2.42. The summed E-state index contributed by atoms with van der Waals surface area (Å²) in [4.78, 5) is 22.3. The number of para-hydroxylation sites is 1. The molecule has 2 aromatic rings. The van der Waals surface area contributed by atoms with Gasteiger partial charge < -0.3 is 0 Å². The van der Waals surface area contributed by atoms with Crippen LogP contribution in [-0.2, 0) is 21.0 Å². The third-order valence-electron chi connectivity index (χ3n) is 3.93. The minimum atomic E-state index is -4.78. The highest BCUT2D eigenvalue weighted by molar-refractivity contribution is 7.92. The van der Waals surface area contributed by atoms with Gasteiger partial charge in [0, 0.05) is 6.07 Å². The van der Waals surface area contributed by atoms with Gasteiger partial charge in [-0.25, -0.2) is 8.42 Å². The standard InChI is InChI=1S/C17H17F3N4O5S/c1-11-5-3-4-6-14(11)23(30(2,28)29)10-16(25)22-21-13-8-7-12(17(18,19)20)9-15(13)24(26)27/h3-9,21H,10H2,1-2H3,(H,22,25). The molecule has 0 atom stereocenters. The Hall–Kier alpha value is -3.35. The first-order valence-electron chi connectivity index (χ1n) is 8.24. The first-order valence-corrected chi connectivity index (χ1v) is 10.1. The van der Waals surface area contributed by atoms with E-state index in [2.05, 4.69) is 10.9 Å². The lowest BCUT2D eigenvalue weighted by atomic mass is 10.1. The maximum absolute atomic E-state index is 12.8. The molecule has 0 aliphatic rings. The Morgan fingerprint density at radius 3 is 2.37 bits per heavy atom. The summed E-state index contributed by atoms with van der Waals surface area (Å²) in [5, 5.41) is 11.1. The number of nitro benzene ring substituents is 1. The molecule has 0 radical (unpaired) electrons. The van der Waals surface area contributed by atoms with Crippen LogP contribution < -0.4 is 15.2 Å². The van der Waals surface area contributed by atoms with E-state index in [1.54, 1.807) is 25.1 Å². The van der Waals surface area contributed by atoms with Gasteiger partial charge >= 0.3 is 6.18 Å². The van der Waals surface area contributed by atoms with Gasteiger partial charge in [-0.2, -0.15) is 13.2 Å². The van der Waals surface area contributed by atoms with Crippen molar-refractivity contribution in [2.45, 2.75) is 13.1 Å². The van der Waals surface area contributed by atoms with E-state index in [0.29, 0.717) is 17.7 Å². The molecule has 1 amide bonds. The number of benzene rings is 2. The molecule has 0 aliphatic heterocycles. The molecule has 0 aliphatic carbocycles. The average molecular weight is 446 g/mol. The molecule has 0 saturated heterocycles. The van der Waals surface area contributed by atoms with Gasteiger partial charge in [0.05, 0.1) is 22.4 Å². The molecule has 13 heteroatoms. The molecule has 0 fully saturated rings. The number of aryl methyl sites for hydroxylation is 1. The SMILES string of the molecule is Cc1ccccc1N(CC(=O)NNc1ccc(C(F)(F)F)cc1[N+](=O)[O-])S(C)(=O)=O. The third kappa shape index (κ3) is 5.59. The number of nitro groups is 1. The average Bonchev–Trinajstić information content (AvgIpc) is 2.63. The van der Waals surface area contributed by atoms with E-state index in [9.17, 15) is 36.5 Å². The second kappa shape index (κ2) is 8.57. The smallest absolute Gasteiger partial charge is 0.292 e. The third-order valence-corrected chi connectivity index (χ3v) is 5.06. The summed E-state index contributed by atoms with van der Waals surface area (Å²) >= 11 is 0. The Morgan fingerprint density at radius 2 is 1.83 bits per heavy atom. The van der Waals surface area contributed by atoms with Crippen LogP contribution in [0.5, 0.6) is 0 Å². The Morgan fingerprint density at radius 1 is 1.20 bits per heavy atom. The van der Waals surface area contributed by atoms with Crippen LogP contribution in [0.3, 0.4) is 0 Å². The van der Waals surface area contributed by atoms with Crippen molar-refractivity contribution in [3.05, 3.63) is 63.7 Å². The van der Waals surface area contributed by atoms with Crippen molar-refractivity contribution >= 4 is 33.0 Å². The number of nitrogens with zero attached hydrogens (tertiary/aromatic N) is 2. The van der Waals surface area contributed by atoms with Gasteiger partial charge in [-0.3, -0.25) is 30.1 Å². The molecule has 0 spiro atoms. The molecule has 0 heterocycles. The van der Waals surface area contributed by atoms with Gasteiger partial charge in [0.25, 0.3) is 11.6 Å². The van der Waals surface area contributed by atoms with Gasteiger partial charge in [0.1, 0.15) is 12.2 Å². The molecule has 9 nitrogen and oxygen atoms in total. The highest BCUT2D eigenvalue weighted by Crippen LogP contribution is 2.34. The van der Waals surface area contributed by atoms with E-state index in [0.717, 1.165) is 16.6 Å². The molecule has 0 saturated carbocycles. The van der Waals surface area contributed by atoms with Crippen LogP contribution in [0.2, 0.25) is 0 Å². The summed E-state index contributed by atoms with van der Waals surface area (Å²) < 4.78 is 63.3. The summed E-state index contributed by atoms with van der Waals surface area (Å²) in [6, 6.07) is 8.14. The van der Waals surface area contributed by atoms with E-state index >= 15 is 0 Å². The van der Waals surface area contributed by atoms with Gasteiger partial charge in [-0.1, -0.05) is 18.2 Å². The quantitative estimate of drug-likeness (QED) is 0.498. The zero-order valence-electron chi connectivity index (χ0n) is 15.7. The van der Waals surface area contributed by atoms with Crippen molar-refractivity contribution in [2.24, 2.45) is 0 Å². The number of alkyl halides is 3. The highest BCUT2D eigenvalue weighted by atomic mass is 32.2. The number of rotatable bonds is 7. The summed E-state index contributed by atoms with van der Waals surface area (Å²) in [7, 11) is -3.85. The molecule has 2 N–H and O–H groups in total. The number of anilines is 2. The number of sulfonamides is 1. The zero-order valence-corrected chi connectivity index (χ0v) is 16.5. The number of hydrogen-bond acceptors (Lipinski definition) is 6. The second-order valence-corrected chi connectivity index (χ2v) is 8.12. The van der Waals surface area contributed by atoms with Crippen LogP contribution in [0.25, 0.3) is 0 Å². The molecule has 30 heavy (non-hydrogen) atoms. The van der Waals surface area contributed by atoms with Gasteiger partial charge in [0.15, 0.2) is 0 Å². The second-order valence-electron chi connectivity index (χ2n) is 6.22. The number of nitrogens with one attached hydrogen (secondary N) is 2. The molecule has 2 aromatic carbocycles. The summed E-state index contributed by atoms with van der Waals surface area (Å²) in [5.41, 5.74) is 2.53. The van der Waals surface area contributed by atoms with Crippen molar-refractivity contribution in [1.82, 2.24) is 5.43 Å². The summed E-state index contributed by atoms with van der Waals surface area (Å²) in [6.07, 6.45) is -3.88. The Bertz CT molecular complexity index is 1070. The Balaban J connectivity index is 2.20. The molecule has 162 valence electrons. The lowest BCUT2D eigenvalue weighted by molar-refractivity contribution is -0.384. The minimum Gasteiger partial charge on any atom is -0.292 e. The van der Waals surface area contributed by atoms with Crippen molar-refractivity contribution in [3.8, 4) is 0 Å². The van der Waals surface area contributed by atoms with Crippen LogP contribution in [0.4, 0.5) is 30.2 Å². The topological polar surface area (TPSA) is 122 Å². The number of amides is 1. The Kier molecular flexibility index (Phi) is 6.55. The van der Waals surface area contributed by atoms with E-state index in [1.165, 1.54) is 6.07 Å². The van der Waals surface area contributed by atoms with Crippen LogP contribution in [-0.4, -0.2) is 32.0 Å². The predicted molar refractivity (Wildman–Crippen MR) is 103 cm³/mol. The number of carbonyl (C=O) groups is 1. The molecule has 0 aromatic heterocycles. The van der Waals surface area contributed by atoms with E-state index in [-0.39, 0.29) is 5.69 Å². The van der Waals surface area contributed by atoms with E-state index < -0.39 is 50.5 Å². The summed E-state index contributed by atoms with van der Waals surface area (Å²) in [6.45, 7) is 0.986. The highest BCUT2D eigenvalue weighted by Gasteiger charge is 2.33. The fourth-order valence-electron chi connectivity index (χ4n) is 2.50. The zero-order chi connectivity index (χ0) is 22.7. The lowest BCUT2D eigenvalue weighted by Gasteiger charge is -2.23. The largest absolute Gasteiger partial charge is 0.416 e.